The van der Waals surface area contributed by atoms with Gasteiger partial charge in [0.1, 0.15) is 0 Å². The van der Waals surface area contributed by atoms with Gasteiger partial charge in [0.15, 0.2) is 5.16 Å². The molecule has 0 spiro atoms. The molecular formula is C15H18N2O3S. The number of thioether (sulfide) groups is 1. The summed E-state index contributed by atoms with van der Waals surface area (Å²) in [4.78, 5) is 15.4. The van der Waals surface area contributed by atoms with Crippen molar-refractivity contribution >= 4 is 28.8 Å². The van der Waals surface area contributed by atoms with Gasteiger partial charge in [-0.1, -0.05) is 23.9 Å². The molecule has 112 valence electrons. The van der Waals surface area contributed by atoms with Crippen molar-refractivity contribution in [3.63, 3.8) is 0 Å². The quantitative estimate of drug-likeness (QED) is 0.861. The second kappa shape index (κ2) is 5.69. The number of carbonyl (C=O) groups is 1. The van der Waals surface area contributed by atoms with Crippen LogP contribution in [-0.2, 0) is 16.1 Å². The van der Waals surface area contributed by atoms with E-state index in [0.717, 1.165) is 35.6 Å². The standard InChI is InChI=1S/C15H18N2O3S/c1-15(7-4-8-20-15)10-17-12-6-3-2-5-11(12)16-14(17)21-9-13(18)19/h2-3,5-6H,4,7-10H2,1H3,(H,18,19). The molecule has 3 rings (SSSR count). The van der Waals surface area contributed by atoms with E-state index < -0.39 is 5.97 Å². The van der Waals surface area contributed by atoms with Crippen LogP contribution in [0.3, 0.4) is 0 Å². The summed E-state index contributed by atoms with van der Waals surface area (Å²) in [5, 5.41) is 9.64. The van der Waals surface area contributed by atoms with Crippen molar-refractivity contribution in [2.75, 3.05) is 12.4 Å². The SMILES string of the molecule is CC1(Cn2c(SCC(=O)O)nc3ccccc32)CCCO1. The van der Waals surface area contributed by atoms with E-state index in [2.05, 4.69) is 16.5 Å². The molecule has 2 aromatic rings. The summed E-state index contributed by atoms with van der Waals surface area (Å²) in [6.45, 7) is 3.61. The van der Waals surface area contributed by atoms with E-state index in [0.29, 0.717) is 6.54 Å². The molecule has 0 radical (unpaired) electrons. The third-order valence-corrected chi connectivity index (χ3v) is 4.70. The van der Waals surface area contributed by atoms with Crippen molar-refractivity contribution < 1.29 is 14.6 Å². The number of ether oxygens (including phenoxy) is 1. The number of aliphatic carboxylic acids is 1. The fraction of sp³-hybridized carbons (Fsp3) is 0.467. The number of benzene rings is 1. The minimum atomic E-state index is -0.832. The van der Waals surface area contributed by atoms with E-state index >= 15 is 0 Å². The first kappa shape index (κ1) is 14.4. The number of carboxylic acid groups (broad SMARTS) is 1. The lowest BCUT2D eigenvalue weighted by Crippen LogP contribution is -2.29. The van der Waals surface area contributed by atoms with Crippen LogP contribution in [0.5, 0.6) is 0 Å². The maximum absolute atomic E-state index is 10.8. The lowest BCUT2D eigenvalue weighted by molar-refractivity contribution is -0.133. The Morgan fingerprint density at radius 2 is 2.33 bits per heavy atom. The molecule has 1 fully saturated rings. The third-order valence-electron chi connectivity index (χ3n) is 3.74. The maximum Gasteiger partial charge on any atom is 0.313 e. The van der Waals surface area contributed by atoms with Crippen molar-refractivity contribution in [2.24, 2.45) is 0 Å². The number of carboxylic acids is 1. The molecule has 1 N–H and O–H groups in total. The topological polar surface area (TPSA) is 64.4 Å². The van der Waals surface area contributed by atoms with Gasteiger partial charge in [0, 0.05) is 6.61 Å². The minimum Gasteiger partial charge on any atom is -0.481 e. The van der Waals surface area contributed by atoms with E-state index in [-0.39, 0.29) is 11.4 Å². The molecule has 1 aromatic heterocycles. The molecule has 1 unspecified atom stereocenters. The summed E-state index contributed by atoms with van der Waals surface area (Å²) in [5.41, 5.74) is 1.73. The van der Waals surface area contributed by atoms with Gasteiger partial charge < -0.3 is 14.4 Å². The Morgan fingerprint density at radius 3 is 3.05 bits per heavy atom. The average molecular weight is 306 g/mol. The molecule has 1 aliphatic heterocycles. The molecule has 6 heteroatoms. The van der Waals surface area contributed by atoms with Gasteiger partial charge in [-0.05, 0) is 31.9 Å². The molecule has 1 atom stereocenters. The summed E-state index contributed by atoms with van der Waals surface area (Å²) in [5.74, 6) is -0.817. The smallest absolute Gasteiger partial charge is 0.313 e. The van der Waals surface area contributed by atoms with Crippen LogP contribution >= 0.6 is 11.8 Å². The van der Waals surface area contributed by atoms with Crippen LogP contribution < -0.4 is 0 Å². The van der Waals surface area contributed by atoms with Gasteiger partial charge in [-0.3, -0.25) is 4.79 Å². The second-order valence-electron chi connectivity index (χ2n) is 5.55. The Hall–Kier alpha value is -1.53. The second-order valence-corrected chi connectivity index (χ2v) is 6.50. The number of rotatable bonds is 5. The van der Waals surface area contributed by atoms with Crippen molar-refractivity contribution in [2.45, 2.75) is 37.1 Å². The normalized spacial score (nSPS) is 22.0. The zero-order valence-electron chi connectivity index (χ0n) is 11.9. The van der Waals surface area contributed by atoms with Crippen LogP contribution in [0.15, 0.2) is 29.4 Å². The zero-order valence-corrected chi connectivity index (χ0v) is 12.7. The fourth-order valence-electron chi connectivity index (χ4n) is 2.74. The van der Waals surface area contributed by atoms with Crippen LogP contribution in [0.4, 0.5) is 0 Å². The van der Waals surface area contributed by atoms with Crippen LogP contribution in [0, 0.1) is 0 Å². The number of aromatic nitrogens is 2. The highest BCUT2D eigenvalue weighted by atomic mass is 32.2. The van der Waals surface area contributed by atoms with Crippen LogP contribution in [0.1, 0.15) is 19.8 Å². The first-order valence-corrected chi connectivity index (χ1v) is 8.00. The van der Waals surface area contributed by atoms with Crippen molar-refractivity contribution in [3.05, 3.63) is 24.3 Å². The molecule has 1 saturated heterocycles. The Kier molecular flexibility index (Phi) is 3.91. The minimum absolute atomic E-state index is 0.0148. The van der Waals surface area contributed by atoms with Crippen LogP contribution in [-0.4, -0.2) is 38.6 Å². The molecule has 0 bridgehead atoms. The van der Waals surface area contributed by atoms with E-state index in [9.17, 15) is 4.79 Å². The van der Waals surface area contributed by atoms with Crippen molar-refractivity contribution in [3.8, 4) is 0 Å². The highest BCUT2D eigenvalue weighted by Gasteiger charge is 2.31. The summed E-state index contributed by atoms with van der Waals surface area (Å²) in [6.07, 6.45) is 2.09. The first-order chi connectivity index (χ1) is 10.1. The molecule has 1 aromatic carbocycles. The number of nitrogens with zero attached hydrogens (tertiary/aromatic N) is 2. The lowest BCUT2D eigenvalue weighted by atomic mass is 10.0. The van der Waals surface area contributed by atoms with Crippen molar-refractivity contribution in [1.82, 2.24) is 9.55 Å². The predicted octanol–water partition coefficient (Wildman–Crippen LogP) is 2.78. The number of hydrogen-bond acceptors (Lipinski definition) is 4. The molecule has 1 aliphatic rings. The molecule has 21 heavy (non-hydrogen) atoms. The first-order valence-electron chi connectivity index (χ1n) is 7.01. The van der Waals surface area contributed by atoms with Gasteiger partial charge in [0.25, 0.3) is 0 Å². The van der Waals surface area contributed by atoms with Crippen LogP contribution in [0.25, 0.3) is 11.0 Å². The molecule has 0 aliphatic carbocycles. The Balaban J connectivity index is 1.96. The molecule has 5 nitrogen and oxygen atoms in total. The van der Waals surface area contributed by atoms with E-state index in [1.807, 2.05) is 24.3 Å². The Labute approximate surface area is 127 Å². The number of hydrogen-bond donors (Lipinski definition) is 1. The molecular weight excluding hydrogens is 288 g/mol. The molecule has 2 heterocycles. The van der Waals surface area contributed by atoms with Gasteiger partial charge >= 0.3 is 5.97 Å². The largest absolute Gasteiger partial charge is 0.481 e. The van der Waals surface area contributed by atoms with Crippen molar-refractivity contribution in [1.29, 1.82) is 0 Å². The molecule has 0 amide bonds. The molecule has 0 saturated carbocycles. The number of para-hydroxylation sites is 2. The monoisotopic (exact) mass is 306 g/mol. The third kappa shape index (κ3) is 3.06. The summed E-state index contributed by atoms with van der Waals surface area (Å²) in [6, 6.07) is 7.89. The summed E-state index contributed by atoms with van der Waals surface area (Å²) in [7, 11) is 0. The zero-order chi connectivity index (χ0) is 14.9. The van der Waals surface area contributed by atoms with Gasteiger partial charge in [0.05, 0.1) is 28.9 Å². The van der Waals surface area contributed by atoms with Crippen LogP contribution in [0.2, 0.25) is 0 Å². The van der Waals surface area contributed by atoms with E-state index in [4.69, 9.17) is 9.84 Å². The van der Waals surface area contributed by atoms with E-state index in [1.54, 1.807) is 0 Å². The average Bonchev–Trinajstić information content (AvgIpc) is 3.02. The number of fused-ring (bicyclic) bond motifs is 1. The Bertz CT molecular complexity index is 662. The van der Waals surface area contributed by atoms with Gasteiger partial charge in [-0.15, -0.1) is 0 Å². The highest BCUT2D eigenvalue weighted by Crippen LogP contribution is 2.31. The fourth-order valence-corrected chi connectivity index (χ4v) is 3.47. The van der Waals surface area contributed by atoms with E-state index in [1.165, 1.54) is 11.8 Å². The summed E-state index contributed by atoms with van der Waals surface area (Å²) < 4.78 is 7.96. The van der Waals surface area contributed by atoms with Gasteiger partial charge in [-0.25, -0.2) is 4.98 Å². The van der Waals surface area contributed by atoms with Gasteiger partial charge in [-0.2, -0.15) is 0 Å². The predicted molar refractivity (Wildman–Crippen MR) is 81.7 cm³/mol. The maximum atomic E-state index is 10.8. The lowest BCUT2D eigenvalue weighted by Gasteiger charge is -2.24. The van der Waals surface area contributed by atoms with Gasteiger partial charge in [0.2, 0.25) is 0 Å². The number of imidazole rings is 1. The Morgan fingerprint density at radius 1 is 1.52 bits per heavy atom. The summed E-state index contributed by atoms with van der Waals surface area (Å²) >= 11 is 1.26. The highest BCUT2D eigenvalue weighted by molar-refractivity contribution is 7.99.